The van der Waals surface area contributed by atoms with E-state index < -0.39 is 16.1 Å². The van der Waals surface area contributed by atoms with Crippen molar-refractivity contribution in [2.45, 2.75) is 11.5 Å². The first-order chi connectivity index (χ1) is 13.4. The Labute approximate surface area is 167 Å². The van der Waals surface area contributed by atoms with Gasteiger partial charge >= 0.3 is 6.09 Å². The van der Waals surface area contributed by atoms with Crippen molar-refractivity contribution in [2.75, 3.05) is 0 Å². The topological polar surface area (TPSA) is 81.7 Å². The van der Waals surface area contributed by atoms with Crippen molar-refractivity contribution in [3.63, 3.8) is 0 Å². The van der Waals surface area contributed by atoms with Crippen molar-refractivity contribution in [1.29, 1.82) is 0 Å². The van der Waals surface area contributed by atoms with Crippen LogP contribution in [0.2, 0.25) is 5.02 Å². The fourth-order valence-corrected chi connectivity index (χ4v) is 3.69. The fourth-order valence-electron chi connectivity index (χ4n) is 2.30. The Balaban J connectivity index is 1.58. The lowest BCUT2D eigenvalue weighted by Crippen LogP contribution is -2.33. The molecule has 3 aromatic carbocycles. The predicted octanol–water partition coefficient (Wildman–Crippen LogP) is 4.40. The minimum absolute atomic E-state index is 0.00252. The van der Waals surface area contributed by atoms with Gasteiger partial charge < -0.3 is 9.47 Å². The predicted molar refractivity (Wildman–Crippen MR) is 105 cm³/mol. The van der Waals surface area contributed by atoms with Gasteiger partial charge in [-0.1, -0.05) is 54.1 Å². The van der Waals surface area contributed by atoms with Gasteiger partial charge in [-0.2, -0.15) is 0 Å². The van der Waals surface area contributed by atoms with Crippen LogP contribution in [0.5, 0.6) is 11.5 Å². The zero-order valence-electron chi connectivity index (χ0n) is 14.5. The molecular weight excluding hydrogens is 402 g/mol. The van der Waals surface area contributed by atoms with E-state index in [4.69, 9.17) is 21.1 Å². The molecule has 0 aliphatic rings. The molecule has 0 saturated heterocycles. The molecule has 3 aromatic rings. The molecule has 0 heterocycles. The first kappa shape index (κ1) is 19.7. The molecule has 0 spiro atoms. The van der Waals surface area contributed by atoms with Gasteiger partial charge in [0, 0.05) is 0 Å². The molecule has 1 N–H and O–H groups in total. The summed E-state index contributed by atoms with van der Waals surface area (Å²) in [6, 6.07) is 21.7. The molecule has 1 amide bonds. The molecule has 6 nitrogen and oxygen atoms in total. The lowest BCUT2D eigenvalue weighted by Gasteiger charge is -2.10. The van der Waals surface area contributed by atoms with Crippen molar-refractivity contribution < 1.29 is 22.7 Å². The highest BCUT2D eigenvalue weighted by Crippen LogP contribution is 2.21. The Hall–Kier alpha value is -3.03. The maximum absolute atomic E-state index is 12.2. The third-order valence-corrected chi connectivity index (χ3v) is 5.44. The summed E-state index contributed by atoms with van der Waals surface area (Å²) in [5, 5.41) is 0.00252. The van der Waals surface area contributed by atoms with Crippen LogP contribution in [0, 0.1) is 0 Å². The number of ether oxygens (including phenoxy) is 2. The number of sulfonamides is 1. The summed E-state index contributed by atoms with van der Waals surface area (Å²) >= 11 is 5.86. The summed E-state index contributed by atoms with van der Waals surface area (Å²) in [5.41, 5.74) is 1.02. The van der Waals surface area contributed by atoms with Crippen LogP contribution in [0.4, 0.5) is 4.79 Å². The summed E-state index contributed by atoms with van der Waals surface area (Å²) in [7, 11) is -4.14. The number of halogens is 1. The molecular formula is C20H16ClNO5S. The largest absolute Gasteiger partial charge is 0.489 e. The average molecular weight is 418 g/mol. The fraction of sp³-hybridized carbons (Fsp3) is 0.0500. The van der Waals surface area contributed by atoms with Gasteiger partial charge in [-0.25, -0.2) is 17.9 Å². The van der Waals surface area contributed by atoms with E-state index in [0.29, 0.717) is 12.4 Å². The van der Waals surface area contributed by atoms with Crippen molar-refractivity contribution >= 4 is 27.7 Å². The molecule has 0 aliphatic carbocycles. The van der Waals surface area contributed by atoms with E-state index in [9.17, 15) is 13.2 Å². The lowest BCUT2D eigenvalue weighted by atomic mass is 10.2. The van der Waals surface area contributed by atoms with Crippen LogP contribution < -0.4 is 14.2 Å². The van der Waals surface area contributed by atoms with E-state index >= 15 is 0 Å². The van der Waals surface area contributed by atoms with Gasteiger partial charge in [0.25, 0.3) is 10.0 Å². The van der Waals surface area contributed by atoms with Gasteiger partial charge in [-0.05, 0) is 42.0 Å². The van der Waals surface area contributed by atoms with E-state index in [0.717, 1.165) is 5.56 Å². The van der Waals surface area contributed by atoms with Crippen molar-refractivity contribution in [2.24, 2.45) is 0 Å². The van der Waals surface area contributed by atoms with Crippen LogP contribution in [-0.4, -0.2) is 14.5 Å². The number of carbonyl (C=O) groups excluding carboxylic acids is 1. The number of nitrogens with one attached hydrogen (secondary N) is 1. The first-order valence-corrected chi connectivity index (χ1v) is 10.1. The normalized spacial score (nSPS) is 10.9. The molecule has 28 heavy (non-hydrogen) atoms. The van der Waals surface area contributed by atoms with Crippen LogP contribution in [0.3, 0.4) is 0 Å². The molecule has 0 aliphatic heterocycles. The third kappa shape index (κ3) is 5.25. The van der Waals surface area contributed by atoms with Gasteiger partial charge in [0.05, 0.1) is 5.02 Å². The van der Waals surface area contributed by atoms with E-state index in [1.165, 1.54) is 30.3 Å². The van der Waals surface area contributed by atoms with E-state index in [1.807, 2.05) is 35.1 Å². The standard InChI is InChI=1S/C20H16ClNO5S/c21-18-8-4-5-9-19(18)28(24,25)22-20(23)27-17-12-10-16(11-13-17)26-14-15-6-2-1-3-7-15/h1-13H,14H2,(H,22,23). The highest BCUT2D eigenvalue weighted by atomic mass is 35.5. The Bertz CT molecular complexity index is 1050. The van der Waals surface area contributed by atoms with Crippen molar-refractivity contribution in [3.8, 4) is 11.5 Å². The SMILES string of the molecule is O=C(NS(=O)(=O)c1ccccc1Cl)Oc1ccc(OCc2ccccc2)cc1. The summed E-state index contributed by atoms with van der Waals surface area (Å²) < 4.78 is 36.9. The van der Waals surface area contributed by atoms with Crippen molar-refractivity contribution in [1.82, 2.24) is 4.72 Å². The van der Waals surface area contributed by atoms with Crippen LogP contribution in [-0.2, 0) is 16.6 Å². The maximum Gasteiger partial charge on any atom is 0.426 e. The monoisotopic (exact) mass is 417 g/mol. The maximum atomic E-state index is 12.2. The Morgan fingerprint density at radius 2 is 1.46 bits per heavy atom. The molecule has 0 aromatic heterocycles. The number of hydrogen-bond acceptors (Lipinski definition) is 5. The molecule has 0 bridgehead atoms. The third-order valence-electron chi connectivity index (χ3n) is 3.63. The summed E-state index contributed by atoms with van der Waals surface area (Å²) in [6.07, 6.45) is -1.14. The van der Waals surface area contributed by atoms with E-state index in [1.54, 1.807) is 18.2 Å². The molecule has 0 radical (unpaired) electrons. The van der Waals surface area contributed by atoms with Gasteiger partial charge in [-0.15, -0.1) is 0 Å². The number of carbonyl (C=O) groups is 1. The number of rotatable bonds is 6. The Morgan fingerprint density at radius 3 is 2.14 bits per heavy atom. The second-order valence-corrected chi connectivity index (χ2v) is 7.73. The van der Waals surface area contributed by atoms with Gasteiger partial charge in [0.1, 0.15) is 23.0 Å². The Kier molecular flexibility index (Phi) is 6.18. The average Bonchev–Trinajstić information content (AvgIpc) is 2.68. The van der Waals surface area contributed by atoms with Crippen LogP contribution in [0.1, 0.15) is 5.56 Å². The Morgan fingerprint density at radius 1 is 0.857 bits per heavy atom. The molecule has 0 fully saturated rings. The second kappa shape index (κ2) is 8.77. The number of benzene rings is 3. The highest BCUT2D eigenvalue weighted by molar-refractivity contribution is 7.90. The first-order valence-electron chi connectivity index (χ1n) is 8.20. The summed E-state index contributed by atoms with van der Waals surface area (Å²) in [6.45, 7) is 0.400. The number of amides is 1. The molecule has 0 unspecified atom stereocenters. The van der Waals surface area contributed by atoms with Crippen LogP contribution >= 0.6 is 11.6 Å². The van der Waals surface area contributed by atoms with Crippen LogP contribution in [0.25, 0.3) is 0 Å². The van der Waals surface area contributed by atoms with Gasteiger partial charge in [0.2, 0.25) is 0 Å². The molecule has 144 valence electrons. The zero-order chi connectivity index (χ0) is 20.0. The minimum atomic E-state index is -4.14. The summed E-state index contributed by atoms with van der Waals surface area (Å²) in [4.78, 5) is 11.7. The highest BCUT2D eigenvalue weighted by Gasteiger charge is 2.21. The van der Waals surface area contributed by atoms with E-state index in [-0.39, 0.29) is 15.7 Å². The lowest BCUT2D eigenvalue weighted by molar-refractivity contribution is 0.206. The van der Waals surface area contributed by atoms with Crippen LogP contribution in [0.15, 0.2) is 83.8 Å². The second-order valence-electron chi connectivity index (χ2n) is 5.67. The van der Waals surface area contributed by atoms with E-state index in [2.05, 4.69) is 0 Å². The number of hydrogen-bond donors (Lipinski definition) is 1. The van der Waals surface area contributed by atoms with Gasteiger partial charge in [-0.3, -0.25) is 0 Å². The minimum Gasteiger partial charge on any atom is -0.489 e. The molecule has 8 heteroatoms. The smallest absolute Gasteiger partial charge is 0.426 e. The zero-order valence-corrected chi connectivity index (χ0v) is 16.1. The summed E-state index contributed by atoms with van der Waals surface area (Å²) in [5.74, 6) is 0.749. The molecule has 3 rings (SSSR count). The molecule has 0 saturated carbocycles. The van der Waals surface area contributed by atoms with Gasteiger partial charge in [0.15, 0.2) is 0 Å². The molecule has 0 atom stereocenters. The van der Waals surface area contributed by atoms with Crippen molar-refractivity contribution in [3.05, 3.63) is 89.4 Å². The quantitative estimate of drug-likeness (QED) is 0.643.